The molecule has 2 aliphatic heterocycles. The van der Waals surface area contributed by atoms with Crippen LogP contribution in [0, 0.1) is 0 Å². The van der Waals surface area contributed by atoms with Crippen LogP contribution in [0.15, 0.2) is 4.99 Å². The predicted octanol–water partition coefficient (Wildman–Crippen LogP) is 0.890. The van der Waals surface area contributed by atoms with Crippen molar-refractivity contribution in [1.82, 2.24) is 25.8 Å². The summed E-state index contributed by atoms with van der Waals surface area (Å²) in [5.74, 6) is 0.601. The van der Waals surface area contributed by atoms with Crippen LogP contribution in [0.4, 0.5) is 4.79 Å². The van der Waals surface area contributed by atoms with E-state index in [2.05, 4.69) is 25.8 Å². The molecule has 1 saturated carbocycles. The van der Waals surface area contributed by atoms with Crippen LogP contribution in [0.2, 0.25) is 0 Å². The molecule has 0 radical (unpaired) electrons. The smallest absolute Gasteiger partial charge is 0.324 e. The number of urea groups is 1. The van der Waals surface area contributed by atoms with Crippen LogP contribution in [0.5, 0.6) is 0 Å². The molecule has 8 nitrogen and oxygen atoms in total. The van der Waals surface area contributed by atoms with E-state index in [0.29, 0.717) is 19.1 Å². The fourth-order valence-corrected chi connectivity index (χ4v) is 4.36. The predicted molar refractivity (Wildman–Crippen MR) is 106 cm³/mol. The molecule has 3 N–H and O–H groups in total. The molecule has 1 aliphatic carbocycles. The van der Waals surface area contributed by atoms with E-state index in [1.807, 2.05) is 6.92 Å². The lowest BCUT2D eigenvalue weighted by Gasteiger charge is -2.40. The summed E-state index contributed by atoms with van der Waals surface area (Å²) < 4.78 is 0. The van der Waals surface area contributed by atoms with Crippen molar-refractivity contribution in [2.45, 2.75) is 64.0 Å². The van der Waals surface area contributed by atoms with E-state index in [-0.39, 0.29) is 18.5 Å². The number of imide groups is 1. The molecule has 2 heterocycles. The van der Waals surface area contributed by atoms with Crippen molar-refractivity contribution < 1.29 is 9.59 Å². The van der Waals surface area contributed by atoms with Crippen molar-refractivity contribution in [2.75, 3.05) is 39.3 Å². The second kappa shape index (κ2) is 9.92. The second-order valence-electron chi connectivity index (χ2n) is 7.73. The molecule has 1 unspecified atom stereocenters. The normalized spacial score (nSPS) is 25.6. The van der Waals surface area contributed by atoms with E-state index in [0.717, 1.165) is 31.5 Å². The van der Waals surface area contributed by atoms with Gasteiger partial charge in [-0.15, -0.1) is 0 Å². The van der Waals surface area contributed by atoms with Crippen LogP contribution in [-0.4, -0.2) is 79.0 Å². The first-order valence-electron chi connectivity index (χ1n) is 10.5. The Bertz CT molecular complexity index is 530. The minimum Gasteiger partial charge on any atom is -0.357 e. The Labute approximate surface area is 162 Å². The lowest BCUT2D eigenvalue weighted by molar-refractivity contribution is -0.124. The lowest BCUT2D eigenvalue weighted by Crippen LogP contribution is -2.53. The molecule has 0 bridgehead atoms. The van der Waals surface area contributed by atoms with Crippen molar-refractivity contribution in [1.29, 1.82) is 0 Å². The zero-order chi connectivity index (χ0) is 19.1. The highest BCUT2D eigenvalue weighted by molar-refractivity contribution is 6.01. The van der Waals surface area contributed by atoms with Gasteiger partial charge >= 0.3 is 6.03 Å². The molecule has 152 valence electrons. The molecular formula is C19H34N6O2. The Balaban J connectivity index is 1.50. The number of amides is 3. The molecule has 0 spiro atoms. The Hall–Kier alpha value is -1.83. The standard InChI is InChI=1S/C19H34N6O2/c1-2-20-18(21-10-12-25-17(26)13-22-19(25)27)23-15-7-6-11-24(14-15)16-8-4-3-5-9-16/h15-16H,2-14H2,1H3,(H,22,27)(H2,20,21,23). The highest BCUT2D eigenvalue weighted by Gasteiger charge is 2.28. The number of aliphatic imine (C=N–C) groups is 1. The van der Waals surface area contributed by atoms with Gasteiger partial charge < -0.3 is 16.0 Å². The zero-order valence-corrected chi connectivity index (χ0v) is 16.5. The minimum atomic E-state index is -0.316. The monoisotopic (exact) mass is 378 g/mol. The van der Waals surface area contributed by atoms with Crippen LogP contribution in [0.25, 0.3) is 0 Å². The molecule has 3 rings (SSSR count). The van der Waals surface area contributed by atoms with Crippen LogP contribution < -0.4 is 16.0 Å². The topological polar surface area (TPSA) is 89.1 Å². The first-order chi connectivity index (χ1) is 13.2. The first-order valence-corrected chi connectivity index (χ1v) is 10.5. The Morgan fingerprint density at radius 1 is 1.19 bits per heavy atom. The number of guanidine groups is 1. The third-order valence-electron chi connectivity index (χ3n) is 5.76. The van der Waals surface area contributed by atoms with E-state index in [1.54, 1.807) is 0 Å². The molecule has 3 amide bonds. The summed E-state index contributed by atoms with van der Waals surface area (Å²) in [5.41, 5.74) is 0. The van der Waals surface area contributed by atoms with E-state index < -0.39 is 0 Å². The third kappa shape index (κ3) is 5.57. The van der Waals surface area contributed by atoms with Gasteiger partial charge in [0.05, 0.1) is 19.6 Å². The Morgan fingerprint density at radius 3 is 2.70 bits per heavy atom. The van der Waals surface area contributed by atoms with Crippen molar-refractivity contribution in [3.05, 3.63) is 0 Å². The van der Waals surface area contributed by atoms with Gasteiger partial charge in [0.15, 0.2) is 5.96 Å². The Morgan fingerprint density at radius 2 is 2.00 bits per heavy atom. The average molecular weight is 379 g/mol. The van der Waals surface area contributed by atoms with Crippen molar-refractivity contribution in [3.63, 3.8) is 0 Å². The number of piperidine rings is 1. The summed E-state index contributed by atoms with van der Waals surface area (Å²) in [6.07, 6.45) is 9.18. The van der Waals surface area contributed by atoms with E-state index in [9.17, 15) is 9.59 Å². The quantitative estimate of drug-likeness (QED) is 0.363. The van der Waals surface area contributed by atoms with Gasteiger partial charge in [0, 0.05) is 25.2 Å². The highest BCUT2D eigenvalue weighted by atomic mass is 16.2. The van der Waals surface area contributed by atoms with Gasteiger partial charge in [0.2, 0.25) is 5.91 Å². The second-order valence-corrected chi connectivity index (χ2v) is 7.73. The lowest BCUT2D eigenvalue weighted by atomic mass is 9.92. The number of nitrogens with zero attached hydrogens (tertiary/aromatic N) is 3. The maximum absolute atomic E-state index is 11.6. The van der Waals surface area contributed by atoms with Gasteiger partial charge in [0.25, 0.3) is 0 Å². The minimum absolute atomic E-state index is 0.0972. The largest absolute Gasteiger partial charge is 0.357 e. The van der Waals surface area contributed by atoms with Gasteiger partial charge in [-0.25, -0.2) is 4.79 Å². The van der Waals surface area contributed by atoms with Crippen LogP contribution >= 0.6 is 0 Å². The molecule has 3 aliphatic rings. The van der Waals surface area contributed by atoms with Gasteiger partial charge in [-0.1, -0.05) is 19.3 Å². The number of rotatable bonds is 6. The number of hydrogen-bond acceptors (Lipinski definition) is 4. The number of carbonyl (C=O) groups is 2. The maximum Gasteiger partial charge on any atom is 0.324 e. The number of nitrogens with one attached hydrogen (secondary N) is 3. The maximum atomic E-state index is 11.6. The van der Waals surface area contributed by atoms with Crippen molar-refractivity contribution >= 4 is 17.9 Å². The third-order valence-corrected chi connectivity index (χ3v) is 5.76. The molecular weight excluding hydrogens is 344 g/mol. The molecule has 0 aromatic carbocycles. The van der Waals surface area contributed by atoms with Crippen molar-refractivity contribution in [2.24, 2.45) is 4.99 Å². The summed E-state index contributed by atoms with van der Waals surface area (Å²) in [4.78, 5) is 31.7. The van der Waals surface area contributed by atoms with Crippen LogP contribution in [-0.2, 0) is 4.79 Å². The average Bonchev–Trinajstić information content (AvgIpc) is 3.01. The Kier molecular flexibility index (Phi) is 7.32. The summed E-state index contributed by atoms with van der Waals surface area (Å²) in [6, 6.07) is 0.835. The summed E-state index contributed by atoms with van der Waals surface area (Å²) in [7, 11) is 0. The van der Waals surface area contributed by atoms with Crippen LogP contribution in [0.3, 0.4) is 0 Å². The molecule has 8 heteroatoms. The fraction of sp³-hybridized carbons (Fsp3) is 0.842. The summed E-state index contributed by atoms with van der Waals surface area (Å²) >= 11 is 0. The molecule has 2 saturated heterocycles. The van der Waals surface area contributed by atoms with Gasteiger partial charge in [0.1, 0.15) is 0 Å². The van der Waals surface area contributed by atoms with Gasteiger partial charge in [-0.2, -0.15) is 0 Å². The van der Waals surface area contributed by atoms with Crippen LogP contribution in [0.1, 0.15) is 51.9 Å². The van der Waals surface area contributed by atoms with E-state index in [4.69, 9.17) is 0 Å². The fourth-order valence-electron chi connectivity index (χ4n) is 4.36. The zero-order valence-electron chi connectivity index (χ0n) is 16.5. The van der Waals surface area contributed by atoms with Gasteiger partial charge in [-0.05, 0) is 39.2 Å². The number of likely N-dealkylation sites (tertiary alicyclic amines) is 1. The van der Waals surface area contributed by atoms with E-state index >= 15 is 0 Å². The summed E-state index contributed by atoms with van der Waals surface area (Å²) in [5, 5.41) is 9.39. The SMILES string of the molecule is CCNC(=NCCN1C(=O)CNC1=O)NC1CCCN(C2CCCCC2)C1. The number of hydrogen-bond donors (Lipinski definition) is 3. The molecule has 0 aromatic heterocycles. The molecule has 3 fully saturated rings. The van der Waals surface area contributed by atoms with Gasteiger partial charge in [-0.3, -0.25) is 19.6 Å². The highest BCUT2D eigenvalue weighted by Crippen LogP contribution is 2.25. The molecule has 1 atom stereocenters. The van der Waals surface area contributed by atoms with E-state index in [1.165, 1.54) is 50.0 Å². The number of carbonyl (C=O) groups excluding carboxylic acids is 2. The van der Waals surface area contributed by atoms with Crippen molar-refractivity contribution in [3.8, 4) is 0 Å². The molecule has 0 aromatic rings. The summed E-state index contributed by atoms with van der Waals surface area (Å²) in [6.45, 7) is 5.94. The first kappa shape index (κ1) is 19.9. The molecule has 27 heavy (non-hydrogen) atoms.